The first kappa shape index (κ1) is 18.6. The van der Waals surface area contributed by atoms with Crippen molar-refractivity contribution in [2.45, 2.75) is 19.5 Å². The normalized spacial score (nSPS) is 23.0. The molecule has 4 rings (SSSR count). The topological polar surface area (TPSA) is 71.6 Å². The molecule has 2 aromatic rings. The van der Waals surface area contributed by atoms with Crippen LogP contribution in [0.2, 0.25) is 0 Å². The van der Waals surface area contributed by atoms with Crippen LogP contribution in [0.4, 0.5) is 5.69 Å². The molecule has 1 aromatic carbocycles. The Morgan fingerprint density at radius 1 is 1.15 bits per heavy atom. The summed E-state index contributed by atoms with van der Waals surface area (Å²) >= 11 is 5.31. The molecule has 3 heterocycles. The van der Waals surface area contributed by atoms with Crippen molar-refractivity contribution in [2.75, 3.05) is 42.6 Å². The highest BCUT2D eigenvalue weighted by atomic mass is 32.2. The second-order valence-corrected chi connectivity index (χ2v) is 9.89. The van der Waals surface area contributed by atoms with E-state index < -0.39 is 9.84 Å². The van der Waals surface area contributed by atoms with Gasteiger partial charge in [-0.1, -0.05) is 18.2 Å². The lowest BCUT2D eigenvalue weighted by molar-refractivity contribution is 0.192. The van der Waals surface area contributed by atoms with Gasteiger partial charge in [-0.15, -0.1) is 5.10 Å². The molecular formula is C18H24N4O3S2. The molecule has 2 fully saturated rings. The third-order valence-corrected chi connectivity index (χ3v) is 7.40. The first-order valence-electron chi connectivity index (χ1n) is 9.28. The van der Waals surface area contributed by atoms with Crippen LogP contribution in [0.15, 0.2) is 34.7 Å². The van der Waals surface area contributed by atoms with Gasteiger partial charge in [0.15, 0.2) is 9.84 Å². The van der Waals surface area contributed by atoms with Crippen molar-refractivity contribution < 1.29 is 12.8 Å². The Labute approximate surface area is 164 Å². The third-order valence-electron chi connectivity index (χ3n) is 5.27. The Balaban J connectivity index is 1.33. The minimum Gasteiger partial charge on any atom is -0.414 e. The first-order valence-corrected chi connectivity index (χ1v) is 11.5. The number of nitrogens with zero attached hydrogens (tertiary/aromatic N) is 4. The minimum absolute atomic E-state index is 0.0888. The molecule has 0 bridgehead atoms. The fourth-order valence-corrected chi connectivity index (χ4v) is 5.83. The molecular weight excluding hydrogens is 384 g/mol. The van der Waals surface area contributed by atoms with Crippen LogP contribution < -0.4 is 4.90 Å². The molecule has 0 aliphatic carbocycles. The number of aromatic nitrogens is 2. The molecule has 0 saturated carbocycles. The number of piperazine rings is 1. The molecule has 146 valence electrons. The monoisotopic (exact) mass is 408 g/mol. The van der Waals surface area contributed by atoms with Gasteiger partial charge in [-0.25, -0.2) is 13.1 Å². The van der Waals surface area contributed by atoms with Gasteiger partial charge in [0.2, 0.25) is 5.89 Å². The number of hydrogen-bond acceptors (Lipinski definition) is 7. The van der Waals surface area contributed by atoms with Crippen molar-refractivity contribution in [3.05, 3.63) is 41.1 Å². The van der Waals surface area contributed by atoms with Crippen molar-refractivity contribution in [1.29, 1.82) is 0 Å². The largest absolute Gasteiger partial charge is 0.414 e. The van der Waals surface area contributed by atoms with Crippen LogP contribution in [0, 0.1) is 10.8 Å². The highest BCUT2D eigenvalue weighted by Crippen LogP contribution is 2.22. The molecule has 27 heavy (non-hydrogen) atoms. The van der Waals surface area contributed by atoms with Crippen LogP contribution in [-0.2, 0) is 22.9 Å². The summed E-state index contributed by atoms with van der Waals surface area (Å²) in [5.41, 5.74) is 1.25. The number of sulfone groups is 1. The standard InChI is InChI=1S/C18H24N4O3S2/c23-27(24)11-6-15(13-27)12-17-19-22(18(26)25-17)14-20-7-9-21(10-8-20)16-4-2-1-3-5-16/h1-5,15H,6-14H2/t15-/m1/s1. The number of benzene rings is 1. The molecule has 1 atom stereocenters. The van der Waals surface area contributed by atoms with Crippen molar-refractivity contribution in [3.63, 3.8) is 0 Å². The molecule has 0 amide bonds. The lowest BCUT2D eigenvalue weighted by atomic mass is 10.1. The van der Waals surface area contributed by atoms with Gasteiger partial charge in [0, 0.05) is 38.3 Å². The van der Waals surface area contributed by atoms with Crippen molar-refractivity contribution >= 4 is 27.7 Å². The smallest absolute Gasteiger partial charge is 0.288 e. The first-order chi connectivity index (χ1) is 13.0. The molecule has 0 unspecified atom stereocenters. The van der Waals surface area contributed by atoms with E-state index in [0.29, 0.717) is 30.2 Å². The van der Waals surface area contributed by atoms with Gasteiger partial charge in [0.05, 0.1) is 18.2 Å². The average Bonchev–Trinajstić information content (AvgIpc) is 3.18. The average molecular weight is 409 g/mol. The van der Waals surface area contributed by atoms with Gasteiger partial charge in [-0.2, -0.15) is 0 Å². The summed E-state index contributed by atoms with van der Waals surface area (Å²) in [5, 5.41) is 4.49. The second-order valence-electron chi connectivity index (χ2n) is 7.32. The van der Waals surface area contributed by atoms with Crippen LogP contribution in [0.25, 0.3) is 0 Å². The van der Waals surface area contributed by atoms with Gasteiger partial charge < -0.3 is 9.32 Å². The summed E-state index contributed by atoms with van der Waals surface area (Å²) < 4.78 is 30.5. The van der Waals surface area contributed by atoms with E-state index in [4.69, 9.17) is 16.6 Å². The molecule has 0 radical (unpaired) electrons. The zero-order chi connectivity index (χ0) is 18.9. The molecule has 0 spiro atoms. The summed E-state index contributed by atoms with van der Waals surface area (Å²) in [7, 11) is -2.88. The summed E-state index contributed by atoms with van der Waals surface area (Å²) in [6.45, 7) is 4.39. The predicted octanol–water partition coefficient (Wildman–Crippen LogP) is 1.96. The number of rotatable bonds is 5. The lowest BCUT2D eigenvalue weighted by Gasteiger charge is -2.35. The zero-order valence-electron chi connectivity index (χ0n) is 15.2. The van der Waals surface area contributed by atoms with Crippen LogP contribution in [0.3, 0.4) is 0 Å². The molecule has 7 nitrogen and oxygen atoms in total. The Morgan fingerprint density at radius 3 is 2.56 bits per heavy atom. The van der Waals surface area contributed by atoms with Crippen LogP contribution in [0.1, 0.15) is 12.3 Å². The van der Waals surface area contributed by atoms with E-state index in [9.17, 15) is 8.42 Å². The van der Waals surface area contributed by atoms with Gasteiger partial charge >= 0.3 is 0 Å². The summed E-state index contributed by atoms with van der Waals surface area (Å²) in [6, 6.07) is 10.4. The Morgan fingerprint density at radius 2 is 1.89 bits per heavy atom. The van der Waals surface area contributed by atoms with Crippen molar-refractivity contribution in [2.24, 2.45) is 5.92 Å². The van der Waals surface area contributed by atoms with E-state index in [2.05, 4.69) is 39.2 Å². The van der Waals surface area contributed by atoms with E-state index in [1.54, 1.807) is 4.68 Å². The Kier molecular flexibility index (Phi) is 5.34. The molecule has 2 saturated heterocycles. The van der Waals surface area contributed by atoms with Gasteiger partial charge in [-0.3, -0.25) is 4.90 Å². The summed E-state index contributed by atoms with van der Waals surface area (Å²) in [5.74, 6) is 1.13. The van der Waals surface area contributed by atoms with Crippen molar-refractivity contribution in [3.8, 4) is 0 Å². The van der Waals surface area contributed by atoms with Gasteiger partial charge in [0.1, 0.15) is 0 Å². The van der Waals surface area contributed by atoms with Crippen LogP contribution in [0.5, 0.6) is 0 Å². The molecule has 2 aliphatic rings. The van der Waals surface area contributed by atoms with E-state index in [1.807, 2.05) is 6.07 Å². The fraction of sp³-hybridized carbons (Fsp3) is 0.556. The summed E-state index contributed by atoms with van der Waals surface area (Å²) in [6.07, 6.45) is 1.22. The second kappa shape index (κ2) is 7.73. The van der Waals surface area contributed by atoms with Crippen molar-refractivity contribution in [1.82, 2.24) is 14.7 Å². The van der Waals surface area contributed by atoms with E-state index in [0.717, 1.165) is 26.2 Å². The molecule has 9 heteroatoms. The molecule has 1 aromatic heterocycles. The van der Waals surface area contributed by atoms with E-state index in [-0.39, 0.29) is 17.4 Å². The Bertz CT molecular complexity index is 931. The van der Waals surface area contributed by atoms with E-state index >= 15 is 0 Å². The quantitative estimate of drug-likeness (QED) is 0.701. The Hall–Kier alpha value is -1.71. The number of anilines is 1. The van der Waals surface area contributed by atoms with Crippen LogP contribution >= 0.6 is 12.2 Å². The molecule has 0 N–H and O–H groups in total. The highest BCUT2D eigenvalue weighted by Gasteiger charge is 2.29. The van der Waals surface area contributed by atoms with E-state index in [1.165, 1.54) is 5.69 Å². The number of hydrogen-bond donors (Lipinski definition) is 0. The van der Waals surface area contributed by atoms with Gasteiger partial charge in [-0.05, 0) is 36.7 Å². The minimum atomic E-state index is -2.88. The highest BCUT2D eigenvalue weighted by molar-refractivity contribution is 7.91. The molecule has 2 aliphatic heterocycles. The van der Waals surface area contributed by atoms with Crippen LogP contribution in [-0.4, -0.2) is 60.8 Å². The van der Waals surface area contributed by atoms with Gasteiger partial charge in [0.25, 0.3) is 4.84 Å². The zero-order valence-corrected chi connectivity index (χ0v) is 16.8. The SMILES string of the molecule is O=S1(=O)CC[C@H](Cc2nn(CN3CCN(c4ccccc4)CC3)c(=S)o2)C1. The lowest BCUT2D eigenvalue weighted by Crippen LogP contribution is -2.46. The maximum Gasteiger partial charge on any atom is 0.288 e. The third kappa shape index (κ3) is 4.59. The fourth-order valence-electron chi connectivity index (χ4n) is 3.78. The predicted molar refractivity (Wildman–Crippen MR) is 106 cm³/mol. The summed E-state index contributed by atoms with van der Waals surface area (Å²) in [4.78, 5) is 5.04. The maximum absolute atomic E-state index is 11.6. The number of para-hydroxylation sites is 1. The maximum atomic E-state index is 11.6.